The maximum Gasteiger partial charge on any atom is 0.331 e. The number of esters is 1. The van der Waals surface area contributed by atoms with Crippen molar-refractivity contribution < 1.29 is 19.4 Å². The van der Waals surface area contributed by atoms with Gasteiger partial charge in [0.1, 0.15) is 0 Å². The van der Waals surface area contributed by atoms with Gasteiger partial charge in [-0.25, -0.2) is 9.59 Å². The minimum Gasteiger partial charge on any atom is -0.478 e. The summed E-state index contributed by atoms with van der Waals surface area (Å²) in [6, 6.07) is 0. The molecular formula is C19H34O4. The molecule has 0 aliphatic carbocycles. The van der Waals surface area contributed by atoms with Gasteiger partial charge in [0.25, 0.3) is 0 Å². The second kappa shape index (κ2) is 15.6. The van der Waals surface area contributed by atoms with Crippen LogP contribution in [0.5, 0.6) is 0 Å². The first kappa shape index (κ1) is 21.7. The van der Waals surface area contributed by atoms with Crippen LogP contribution in [0, 0.1) is 5.92 Å². The highest BCUT2D eigenvalue weighted by Gasteiger charge is 1.99. The van der Waals surface area contributed by atoms with Gasteiger partial charge in [-0.1, -0.05) is 78.1 Å². The highest BCUT2D eigenvalue weighted by atomic mass is 16.5. The van der Waals surface area contributed by atoms with Crippen LogP contribution in [0.1, 0.15) is 84.5 Å². The summed E-state index contributed by atoms with van der Waals surface area (Å²) < 4.78 is 4.90. The topological polar surface area (TPSA) is 63.6 Å². The zero-order valence-electron chi connectivity index (χ0n) is 14.9. The molecule has 0 bridgehead atoms. The van der Waals surface area contributed by atoms with E-state index in [4.69, 9.17) is 9.84 Å². The largest absolute Gasteiger partial charge is 0.478 e. The fourth-order valence-electron chi connectivity index (χ4n) is 2.43. The van der Waals surface area contributed by atoms with E-state index in [0.29, 0.717) is 6.61 Å². The Kier molecular flexibility index (Phi) is 14.7. The third-order valence-electron chi connectivity index (χ3n) is 3.78. The van der Waals surface area contributed by atoms with Crippen molar-refractivity contribution in [1.29, 1.82) is 0 Å². The fourth-order valence-corrected chi connectivity index (χ4v) is 2.43. The van der Waals surface area contributed by atoms with Gasteiger partial charge in [-0.15, -0.1) is 0 Å². The molecular weight excluding hydrogens is 292 g/mol. The van der Waals surface area contributed by atoms with Gasteiger partial charge in [-0.3, -0.25) is 0 Å². The summed E-state index contributed by atoms with van der Waals surface area (Å²) in [6.07, 6.45) is 15.5. The Morgan fingerprint density at radius 1 is 0.826 bits per heavy atom. The summed E-state index contributed by atoms with van der Waals surface area (Å²) in [5, 5.41) is 8.36. The van der Waals surface area contributed by atoms with Crippen LogP contribution in [0.15, 0.2) is 12.2 Å². The van der Waals surface area contributed by atoms with Crippen molar-refractivity contribution in [3.63, 3.8) is 0 Å². The Balaban J connectivity index is 3.19. The van der Waals surface area contributed by atoms with E-state index < -0.39 is 11.9 Å². The zero-order valence-corrected chi connectivity index (χ0v) is 14.9. The molecule has 0 unspecified atom stereocenters. The lowest BCUT2D eigenvalue weighted by Crippen LogP contribution is -2.03. The summed E-state index contributed by atoms with van der Waals surface area (Å²) in [6.45, 7) is 4.94. The number of hydrogen-bond donors (Lipinski definition) is 1. The van der Waals surface area contributed by atoms with E-state index in [9.17, 15) is 9.59 Å². The quantitative estimate of drug-likeness (QED) is 0.258. The monoisotopic (exact) mass is 326 g/mol. The lowest BCUT2D eigenvalue weighted by molar-refractivity contribution is -0.138. The lowest BCUT2D eigenvalue weighted by Gasteiger charge is -2.05. The normalized spacial score (nSPS) is 11.3. The van der Waals surface area contributed by atoms with Gasteiger partial charge < -0.3 is 9.84 Å². The summed E-state index contributed by atoms with van der Waals surface area (Å²) in [5.41, 5.74) is 0. The van der Waals surface area contributed by atoms with Crippen LogP contribution in [-0.4, -0.2) is 23.7 Å². The molecule has 0 amide bonds. The van der Waals surface area contributed by atoms with Crippen molar-refractivity contribution in [2.75, 3.05) is 6.61 Å². The molecule has 0 aliphatic rings. The van der Waals surface area contributed by atoms with Crippen LogP contribution >= 0.6 is 0 Å². The number of carbonyl (C=O) groups excluding carboxylic acids is 1. The SMILES string of the molecule is CC(C)CCCCCCCCCCCCOC(=O)/C=C/C(=O)O. The van der Waals surface area contributed by atoms with Crippen LogP contribution < -0.4 is 0 Å². The van der Waals surface area contributed by atoms with Crippen LogP contribution in [-0.2, 0) is 14.3 Å². The maximum atomic E-state index is 11.1. The van der Waals surface area contributed by atoms with E-state index in [1.54, 1.807) is 0 Å². The maximum absolute atomic E-state index is 11.1. The number of aliphatic carboxylic acids is 1. The molecule has 0 atom stereocenters. The number of unbranched alkanes of at least 4 members (excludes halogenated alkanes) is 9. The third kappa shape index (κ3) is 18.6. The molecule has 4 heteroatoms. The third-order valence-corrected chi connectivity index (χ3v) is 3.78. The Bertz CT molecular complexity index is 334. The lowest BCUT2D eigenvalue weighted by atomic mass is 10.0. The Morgan fingerprint density at radius 3 is 1.78 bits per heavy atom. The van der Waals surface area contributed by atoms with Gasteiger partial charge >= 0.3 is 11.9 Å². The van der Waals surface area contributed by atoms with E-state index in [-0.39, 0.29) is 0 Å². The minimum atomic E-state index is -1.14. The van der Waals surface area contributed by atoms with Crippen LogP contribution in [0.4, 0.5) is 0 Å². The molecule has 0 aliphatic heterocycles. The molecule has 4 nitrogen and oxygen atoms in total. The van der Waals surface area contributed by atoms with E-state index in [0.717, 1.165) is 30.9 Å². The van der Waals surface area contributed by atoms with Crippen molar-refractivity contribution in [3.8, 4) is 0 Å². The van der Waals surface area contributed by atoms with Crippen LogP contribution in [0.3, 0.4) is 0 Å². The first-order valence-corrected chi connectivity index (χ1v) is 9.10. The van der Waals surface area contributed by atoms with Gasteiger partial charge in [0.2, 0.25) is 0 Å². The van der Waals surface area contributed by atoms with Gasteiger partial charge in [-0.2, -0.15) is 0 Å². The van der Waals surface area contributed by atoms with E-state index in [1.807, 2.05) is 0 Å². The number of hydrogen-bond acceptors (Lipinski definition) is 3. The number of ether oxygens (including phenoxy) is 1. The average molecular weight is 326 g/mol. The predicted molar refractivity (Wildman–Crippen MR) is 93.4 cm³/mol. The number of rotatable bonds is 15. The Hall–Kier alpha value is -1.32. The number of carboxylic acid groups (broad SMARTS) is 1. The molecule has 0 saturated heterocycles. The molecule has 0 fully saturated rings. The molecule has 0 aromatic heterocycles. The Labute approximate surface area is 141 Å². The van der Waals surface area contributed by atoms with Crippen molar-refractivity contribution in [2.45, 2.75) is 84.5 Å². The van der Waals surface area contributed by atoms with Gasteiger partial charge in [-0.05, 0) is 12.3 Å². The highest BCUT2D eigenvalue weighted by Crippen LogP contribution is 2.13. The molecule has 0 heterocycles. The van der Waals surface area contributed by atoms with Gasteiger partial charge in [0, 0.05) is 12.2 Å². The molecule has 0 aromatic carbocycles. The predicted octanol–water partition coefficient (Wildman–Crippen LogP) is 5.12. The molecule has 0 aromatic rings. The molecule has 1 N–H and O–H groups in total. The van der Waals surface area contributed by atoms with Gasteiger partial charge in [0.05, 0.1) is 6.61 Å². The first-order chi connectivity index (χ1) is 11.0. The van der Waals surface area contributed by atoms with Gasteiger partial charge in [0.15, 0.2) is 0 Å². The second-order valence-corrected chi connectivity index (χ2v) is 6.56. The standard InChI is InChI=1S/C19H34O4/c1-17(2)13-11-9-7-5-3-4-6-8-10-12-16-23-19(22)15-14-18(20)21/h14-15,17H,3-13,16H2,1-2H3,(H,20,21)/b15-14+. The summed E-state index contributed by atoms with van der Waals surface area (Å²) >= 11 is 0. The van der Waals surface area contributed by atoms with Crippen LogP contribution in [0.25, 0.3) is 0 Å². The first-order valence-electron chi connectivity index (χ1n) is 9.10. The van der Waals surface area contributed by atoms with E-state index in [2.05, 4.69) is 13.8 Å². The number of carboxylic acids is 1. The molecule has 0 spiro atoms. The highest BCUT2D eigenvalue weighted by molar-refractivity contribution is 5.90. The summed E-state index contributed by atoms with van der Waals surface area (Å²) in [7, 11) is 0. The van der Waals surface area contributed by atoms with Crippen molar-refractivity contribution >= 4 is 11.9 Å². The Morgan fingerprint density at radius 2 is 1.30 bits per heavy atom. The molecule has 0 rings (SSSR count). The summed E-state index contributed by atoms with van der Waals surface area (Å²) in [4.78, 5) is 21.3. The van der Waals surface area contributed by atoms with Crippen molar-refractivity contribution in [3.05, 3.63) is 12.2 Å². The van der Waals surface area contributed by atoms with Crippen molar-refractivity contribution in [1.82, 2.24) is 0 Å². The van der Waals surface area contributed by atoms with Crippen molar-refractivity contribution in [2.24, 2.45) is 5.92 Å². The fraction of sp³-hybridized carbons (Fsp3) is 0.789. The number of carbonyl (C=O) groups is 2. The molecule has 134 valence electrons. The van der Waals surface area contributed by atoms with E-state index >= 15 is 0 Å². The summed E-state index contributed by atoms with van der Waals surface area (Å²) in [5.74, 6) is -0.880. The van der Waals surface area contributed by atoms with Crippen LogP contribution in [0.2, 0.25) is 0 Å². The van der Waals surface area contributed by atoms with E-state index in [1.165, 1.54) is 57.8 Å². The minimum absolute atomic E-state index is 0.374. The molecule has 23 heavy (non-hydrogen) atoms. The average Bonchev–Trinajstić information content (AvgIpc) is 2.49. The smallest absolute Gasteiger partial charge is 0.331 e. The molecule has 0 saturated carbocycles. The second-order valence-electron chi connectivity index (χ2n) is 6.56. The zero-order chi connectivity index (χ0) is 17.3. The molecule has 0 radical (unpaired) electrons.